The zero-order valence-corrected chi connectivity index (χ0v) is 12.6. The summed E-state index contributed by atoms with van der Waals surface area (Å²) >= 11 is 0. The van der Waals surface area contributed by atoms with E-state index < -0.39 is 0 Å². The van der Waals surface area contributed by atoms with Gasteiger partial charge in [-0.05, 0) is 55.1 Å². The van der Waals surface area contributed by atoms with Crippen molar-refractivity contribution in [1.29, 1.82) is 0 Å². The van der Waals surface area contributed by atoms with Gasteiger partial charge in [-0.25, -0.2) is 4.39 Å². The highest BCUT2D eigenvalue weighted by atomic mass is 19.1. The van der Waals surface area contributed by atoms with Crippen LogP contribution in [0.4, 0.5) is 4.39 Å². The van der Waals surface area contributed by atoms with Crippen molar-refractivity contribution in [2.24, 2.45) is 11.8 Å². The summed E-state index contributed by atoms with van der Waals surface area (Å²) in [6.07, 6.45) is 6.20. The maximum Gasteiger partial charge on any atom is 0.126 e. The fraction of sp³-hybridized carbons (Fsp3) is 0.667. The Morgan fingerprint density at radius 1 is 1.20 bits per heavy atom. The molecule has 2 aliphatic rings. The molecule has 2 fully saturated rings. The smallest absolute Gasteiger partial charge is 0.126 e. The van der Waals surface area contributed by atoms with Crippen LogP contribution in [0.5, 0.6) is 0 Å². The van der Waals surface area contributed by atoms with Crippen LogP contribution in [0.15, 0.2) is 24.3 Å². The van der Waals surface area contributed by atoms with Crippen molar-refractivity contribution >= 4 is 0 Å². The first-order valence-electron chi connectivity index (χ1n) is 8.19. The van der Waals surface area contributed by atoms with Crippen LogP contribution in [0.25, 0.3) is 0 Å². The summed E-state index contributed by atoms with van der Waals surface area (Å²) in [5, 5.41) is 3.83. The van der Waals surface area contributed by atoms with Crippen LogP contribution in [0.1, 0.15) is 57.4 Å². The Labute approximate surface area is 122 Å². The maximum absolute atomic E-state index is 13.7. The van der Waals surface area contributed by atoms with E-state index in [1.807, 2.05) is 12.1 Å². The molecule has 3 unspecified atom stereocenters. The van der Waals surface area contributed by atoms with Crippen molar-refractivity contribution in [2.45, 2.75) is 64.0 Å². The van der Waals surface area contributed by atoms with Crippen LogP contribution in [0.2, 0.25) is 0 Å². The largest absolute Gasteiger partial charge is 0.311 e. The molecule has 0 radical (unpaired) electrons. The molecule has 0 aromatic heterocycles. The molecule has 0 bridgehead atoms. The molecule has 2 heteroatoms. The molecule has 2 saturated carbocycles. The highest BCUT2D eigenvalue weighted by Crippen LogP contribution is 2.40. The van der Waals surface area contributed by atoms with E-state index in [1.165, 1.54) is 19.3 Å². The monoisotopic (exact) mass is 275 g/mol. The van der Waals surface area contributed by atoms with E-state index in [1.54, 1.807) is 12.1 Å². The number of benzene rings is 1. The molecule has 0 saturated heterocycles. The number of rotatable bonds is 4. The van der Waals surface area contributed by atoms with E-state index in [-0.39, 0.29) is 5.82 Å². The summed E-state index contributed by atoms with van der Waals surface area (Å²) in [6, 6.07) is 8.54. The molecular formula is C18H26FN. The van der Waals surface area contributed by atoms with Crippen LogP contribution in [-0.2, 0) is 0 Å². The molecule has 0 spiro atoms. The Hall–Kier alpha value is -0.890. The van der Waals surface area contributed by atoms with Crippen LogP contribution in [0, 0.1) is 17.7 Å². The van der Waals surface area contributed by atoms with E-state index >= 15 is 0 Å². The van der Waals surface area contributed by atoms with Gasteiger partial charge >= 0.3 is 0 Å². The first-order valence-corrected chi connectivity index (χ1v) is 8.19. The lowest BCUT2D eigenvalue weighted by atomic mass is 9.75. The minimum Gasteiger partial charge on any atom is -0.311 e. The van der Waals surface area contributed by atoms with Crippen LogP contribution >= 0.6 is 0 Å². The van der Waals surface area contributed by atoms with Gasteiger partial charge in [0, 0.05) is 12.1 Å². The molecule has 0 amide bonds. The second kappa shape index (κ2) is 5.85. The molecule has 1 nitrogen and oxygen atoms in total. The van der Waals surface area contributed by atoms with E-state index in [2.05, 4.69) is 19.2 Å². The molecule has 110 valence electrons. The molecule has 2 aliphatic carbocycles. The zero-order chi connectivity index (χ0) is 14.1. The number of halogens is 1. The molecule has 20 heavy (non-hydrogen) atoms. The molecular weight excluding hydrogens is 249 g/mol. The van der Waals surface area contributed by atoms with E-state index in [0.717, 1.165) is 30.2 Å². The summed E-state index contributed by atoms with van der Waals surface area (Å²) < 4.78 is 13.7. The molecule has 1 N–H and O–H groups in total. The lowest BCUT2D eigenvalue weighted by Crippen LogP contribution is -2.47. The van der Waals surface area contributed by atoms with E-state index in [4.69, 9.17) is 0 Å². The minimum absolute atomic E-state index is 0.0313. The van der Waals surface area contributed by atoms with Gasteiger partial charge in [-0.15, -0.1) is 0 Å². The zero-order valence-electron chi connectivity index (χ0n) is 12.6. The average Bonchev–Trinajstić information content (AvgIpc) is 2.75. The first kappa shape index (κ1) is 14.1. The van der Waals surface area contributed by atoms with Crippen LogP contribution in [0.3, 0.4) is 0 Å². The predicted octanol–water partition coefficient (Wildman–Crippen LogP) is 4.49. The SMILES string of the molecule is CCC1CCC(NC2CC(c3ccccc3F)C2)C1C. The third-order valence-corrected chi connectivity index (χ3v) is 5.68. The van der Waals surface area contributed by atoms with Gasteiger partial charge in [-0.2, -0.15) is 0 Å². The van der Waals surface area contributed by atoms with Crippen molar-refractivity contribution in [3.8, 4) is 0 Å². The van der Waals surface area contributed by atoms with Crippen molar-refractivity contribution in [3.63, 3.8) is 0 Å². The number of nitrogens with one attached hydrogen (secondary N) is 1. The Kier molecular flexibility index (Phi) is 4.11. The average molecular weight is 275 g/mol. The molecule has 1 aromatic rings. The van der Waals surface area contributed by atoms with Gasteiger partial charge in [0.05, 0.1) is 0 Å². The third-order valence-electron chi connectivity index (χ3n) is 5.68. The van der Waals surface area contributed by atoms with Gasteiger partial charge < -0.3 is 5.32 Å². The molecule has 0 heterocycles. The fourth-order valence-corrected chi connectivity index (χ4v) is 4.18. The van der Waals surface area contributed by atoms with E-state index in [9.17, 15) is 4.39 Å². The highest BCUT2D eigenvalue weighted by Gasteiger charge is 2.37. The minimum atomic E-state index is -0.0313. The summed E-state index contributed by atoms with van der Waals surface area (Å²) in [4.78, 5) is 0. The molecule has 1 aromatic carbocycles. The van der Waals surface area contributed by atoms with E-state index in [0.29, 0.717) is 18.0 Å². The summed E-state index contributed by atoms with van der Waals surface area (Å²) in [5.74, 6) is 2.09. The van der Waals surface area contributed by atoms with Gasteiger partial charge in [0.1, 0.15) is 5.82 Å². The van der Waals surface area contributed by atoms with Gasteiger partial charge in [0.15, 0.2) is 0 Å². The Bertz CT molecular complexity index is 452. The van der Waals surface area contributed by atoms with Crippen molar-refractivity contribution in [3.05, 3.63) is 35.6 Å². The molecule has 3 atom stereocenters. The molecule has 3 rings (SSSR count). The van der Waals surface area contributed by atoms with Gasteiger partial charge in [0.2, 0.25) is 0 Å². The Morgan fingerprint density at radius 2 is 1.95 bits per heavy atom. The summed E-state index contributed by atoms with van der Waals surface area (Å²) in [5.41, 5.74) is 0.913. The van der Waals surface area contributed by atoms with Crippen LogP contribution < -0.4 is 5.32 Å². The van der Waals surface area contributed by atoms with Crippen molar-refractivity contribution < 1.29 is 4.39 Å². The topological polar surface area (TPSA) is 12.0 Å². The Morgan fingerprint density at radius 3 is 2.60 bits per heavy atom. The predicted molar refractivity (Wildman–Crippen MR) is 81.3 cm³/mol. The third kappa shape index (κ3) is 2.63. The van der Waals surface area contributed by atoms with Crippen LogP contribution in [-0.4, -0.2) is 12.1 Å². The normalized spacial score (nSPS) is 36.9. The lowest BCUT2D eigenvalue weighted by Gasteiger charge is -2.39. The summed E-state index contributed by atoms with van der Waals surface area (Å²) in [7, 11) is 0. The fourth-order valence-electron chi connectivity index (χ4n) is 4.18. The van der Waals surface area contributed by atoms with Gasteiger partial charge in [-0.3, -0.25) is 0 Å². The maximum atomic E-state index is 13.7. The second-order valence-corrected chi connectivity index (χ2v) is 6.76. The van der Waals surface area contributed by atoms with Crippen molar-refractivity contribution in [2.75, 3.05) is 0 Å². The highest BCUT2D eigenvalue weighted by molar-refractivity contribution is 5.24. The first-order chi connectivity index (χ1) is 9.69. The number of hydrogen-bond donors (Lipinski definition) is 1. The second-order valence-electron chi connectivity index (χ2n) is 6.76. The standard InChI is InChI=1S/C18H26FN/c1-3-13-8-9-18(12(13)2)20-15-10-14(11-15)16-6-4-5-7-17(16)19/h4-7,12-15,18,20H,3,8-11H2,1-2H3. The summed E-state index contributed by atoms with van der Waals surface area (Å²) in [6.45, 7) is 4.70. The number of hydrogen-bond acceptors (Lipinski definition) is 1. The Balaban J connectivity index is 1.51. The van der Waals surface area contributed by atoms with Crippen molar-refractivity contribution in [1.82, 2.24) is 5.32 Å². The quantitative estimate of drug-likeness (QED) is 0.854. The van der Waals surface area contributed by atoms with Gasteiger partial charge in [-0.1, -0.05) is 38.5 Å². The van der Waals surface area contributed by atoms with Gasteiger partial charge in [0.25, 0.3) is 0 Å². The lowest BCUT2D eigenvalue weighted by molar-refractivity contribution is 0.233. The molecule has 0 aliphatic heterocycles.